The molecule has 0 spiro atoms. The zero-order chi connectivity index (χ0) is 17.6. The summed E-state index contributed by atoms with van der Waals surface area (Å²) in [6, 6.07) is 14.1. The van der Waals surface area contributed by atoms with Gasteiger partial charge in [0, 0.05) is 24.2 Å². The molecule has 0 aliphatic heterocycles. The third-order valence-corrected chi connectivity index (χ3v) is 4.21. The van der Waals surface area contributed by atoms with Crippen molar-refractivity contribution in [1.82, 2.24) is 0 Å². The molecule has 126 valence electrons. The van der Waals surface area contributed by atoms with Crippen molar-refractivity contribution in [2.45, 2.75) is 19.3 Å². The van der Waals surface area contributed by atoms with Crippen molar-refractivity contribution < 1.29 is 5.11 Å². The second-order valence-electron chi connectivity index (χ2n) is 6.27. The summed E-state index contributed by atoms with van der Waals surface area (Å²) in [5.41, 5.74) is 3.99. The van der Waals surface area contributed by atoms with Gasteiger partial charge in [-0.25, -0.2) is 0 Å². The molecule has 0 unspecified atom stereocenters. The smallest absolute Gasteiger partial charge is 0.138 e. The Morgan fingerprint density at radius 2 is 1.50 bits per heavy atom. The van der Waals surface area contributed by atoms with Gasteiger partial charge in [0.2, 0.25) is 0 Å². The van der Waals surface area contributed by atoms with E-state index in [-0.39, 0.29) is 11.2 Å². The van der Waals surface area contributed by atoms with Crippen LogP contribution in [0.1, 0.15) is 25.0 Å². The van der Waals surface area contributed by atoms with Crippen molar-refractivity contribution in [2.24, 2.45) is 0 Å². The number of phenolic OH excluding ortho intramolecular Hbond substituents is 1. The van der Waals surface area contributed by atoms with Crippen LogP contribution < -0.4 is 10.6 Å². The lowest BCUT2D eigenvalue weighted by Crippen LogP contribution is -2.19. The Morgan fingerprint density at radius 3 is 2.12 bits per heavy atom. The maximum atomic E-state index is 10.0. The van der Waals surface area contributed by atoms with Gasteiger partial charge in [0.25, 0.3) is 0 Å². The summed E-state index contributed by atoms with van der Waals surface area (Å²) < 4.78 is 0. The highest BCUT2D eigenvalue weighted by molar-refractivity contribution is 5.60. The zero-order valence-corrected chi connectivity index (χ0v) is 14.5. The van der Waals surface area contributed by atoms with Crippen molar-refractivity contribution in [3.63, 3.8) is 0 Å². The highest BCUT2D eigenvalue weighted by atomic mass is 16.3. The summed E-state index contributed by atoms with van der Waals surface area (Å²) in [5.74, 6) is 0.250. The van der Waals surface area contributed by atoms with Gasteiger partial charge in [-0.15, -0.1) is 13.2 Å². The van der Waals surface area contributed by atoms with Crippen molar-refractivity contribution in [3.05, 3.63) is 78.9 Å². The number of aromatic hydroxyl groups is 1. The molecule has 0 aliphatic carbocycles. The summed E-state index contributed by atoms with van der Waals surface area (Å²) in [5, 5.41) is 16.5. The molecule has 0 amide bonds. The minimum atomic E-state index is -0.171. The molecule has 0 aliphatic rings. The predicted molar refractivity (Wildman–Crippen MR) is 104 cm³/mol. The van der Waals surface area contributed by atoms with Gasteiger partial charge in [-0.3, -0.25) is 0 Å². The van der Waals surface area contributed by atoms with Gasteiger partial charge in [-0.1, -0.05) is 44.2 Å². The van der Waals surface area contributed by atoms with Crippen molar-refractivity contribution in [2.75, 3.05) is 23.7 Å². The molecule has 0 saturated carbocycles. The van der Waals surface area contributed by atoms with E-state index in [2.05, 4.69) is 61.9 Å². The molecule has 0 saturated heterocycles. The molecule has 0 radical (unpaired) electrons. The summed E-state index contributed by atoms with van der Waals surface area (Å²) in [6.45, 7) is 13.1. The Kier molecular flexibility index (Phi) is 5.69. The molecule has 0 bridgehead atoms. The molecule has 0 fully saturated rings. The van der Waals surface area contributed by atoms with E-state index in [4.69, 9.17) is 0 Å². The van der Waals surface area contributed by atoms with Crippen LogP contribution in [0.2, 0.25) is 0 Å². The van der Waals surface area contributed by atoms with Gasteiger partial charge in [-0.2, -0.15) is 0 Å². The quantitative estimate of drug-likeness (QED) is 0.478. The second-order valence-corrected chi connectivity index (χ2v) is 6.27. The van der Waals surface area contributed by atoms with Crippen molar-refractivity contribution >= 4 is 11.4 Å². The molecule has 3 nitrogen and oxygen atoms in total. The maximum Gasteiger partial charge on any atom is 0.138 e. The van der Waals surface area contributed by atoms with Crippen LogP contribution in [0.3, 0.4) is 0 Å². The third-order valence-electron chi connectivity index (χ3n) is 4.21. The number of benzene rings is 2. The fraction of sp³-hybridized carbons (Fsp3) is 0.238. The standard InChI is InChI=1S/C21H26N2O/c1-5-13-22-18-10-7-16(8-11-18)21(3,4)17-9-12-20(24)19(15-17)23-14-6-2/h5-12,15,22-24H,1-2,13-14H2,3-4H3. The first kappa shape index (κ1) is 17.7. The van der Waals surface area contributed by atoms with Crippen LogP contribution in [0.25, 0.3) is 0 Å². The van der Waals surface area contributed by atoms with Crippen LogP contribution in [-0.4, -0.2) is 18.2 Å². The van der Waals surface area contributed by atoms with E-state index in [0.29, 0.717) is 6.54 Å². The largest absolute Gasteiger partial charge is 0.506 e. The predicted octanol–water partition coefficient (Wildman–Crippen LogP) is 4.91. The average Bonchev–Trinajstić information content (AvgIpc) is 2.59. The summed E-state index contributed by atoms with van der Waals surface area (Å²) >= 11 is 0. The van der Waals surface area contributed by atoms with E-state index in [0.717, 1.165) is 23.5 Å². The van der Waals surface area contributed by atoms with Gasteiger partial charge in [0.15, 0.2) is 0 Å². The number of hydrogen-bond acceptors (Lipinski definition) is 3. The van der Waals surface area contributed by atoms with E-state index >= 15 is 0 Å². The Hall–Kier alpha value is -2.68. The number of nitrogens with one attached hydrogen (secondary N) is 2. The Morgan fingerprint density at radius 1 is 0.917 bits per heavy atom. The third kappa shape index (κ3) is 3.99. The Bertz CT molecular complexity index is 702. The first-order valence-corrected chi connectivity index (χ1v) is 8.12. The van der Waals surface area contributed by atoms with Crippen LogP contribution in [0.5, 0.6) is 5.75 Å². The zero-order valence-electron chi connectivity index (χ0n) is 14.5. The summed E-state index contributed by atoms with van der Waals surface area (Å²) in [4.78, 5) is 0. The SMILES string of the molecule is C=CCNc1ccc(C(C)(C)c2ccc(O)c(NCC=C)c2)cc1. The lowest BCUT2D eigenvalue weighted by molar-refractivity contribution is 0.476. The number of phenols is 1. The van der Waals surface area contributed by atoms with E-state index in [9.17, 15) is 5.11 Å². The van der Waals surface area contributed by atoms with Crippen LogP contribution >= 0.6 is 0 Å². The Balaban J connectivity index is 2.28. The number of rotatable bonds is 8. The fourth-order valence-corrected chi connectivity index (χ4v) is 2.61. The fourth-order valence-electron chi connectivity index (χ4n) is 2.61. The van der Waals surface area contributed by atoms with Crippen LogP contribution in [-0.2, 0) is 5.41 Å². The van der Waals surface area contributed by atoms with Gasteiger partial charge in [0.1, 0.15) is 5.75 Å². The molecule has 0 aromatic heterocycles. The van der Waals surface area contributed by atoms with Gasteiger partial charge in [-0.05, 0) is 35.4 Å². The van der Waals surface area contributed by atoms with Gasteiger partial charge in [0.05, 0.1) is 5.69 Å². The Labute approximate surface area is 144 Å². The average molecular weight is 322 g/mol. The molecule has 2 rings (SSSR count). The molecule has 3 heteroatoms. The topological polar surface area (TPSA) is 44.3 Å². The van der Waals surface area contributed by atoms with Crippen LogP contribution in [0, 0.1) is 0 Å². The second kappa shape index (κ2) is 7.73. The van der Waals surface area contributed by atoms with E-state index in [1.165, 1.54) is 5.56 Å². The van der Waals surface area contributed by atoms with Crippen molar-refractivity contribution in [1.29, 1.82) is 0 Å². The molecule has 0 heterocycles. The molecular formula is C21H26N2O. The monoisotopic (exact) mass is 322 g/mol. The van der Waals surface area contributed by atoms with Crippen LogP contribution in [0.4, 0.5) is 11.4 Å². The van der Waals surface area contributed by atoms with Crippen LogP contribution in [0.15, 0.2) is 67.8 Å². The highest BCUT2D eigenvalue weighted by Crippen LogP contribution is 2.36. The molecule has 3 N–H and O–H groups in total. The minimum Gasteiger partial charge on any atom is -0.506 e. The molecule has 24 heavy (non-hydrogen) atoms. The normalized spacial score (nSPS) is 10.9. The molecule has 2 aromatic carbocycles. The maximum absolute atomic E-state index is 10.0. The number of anilines is 2. The van der Waals surface area contributed by atoms with E-state index in [1.54, 1.807) is 12.1 Å². The minimum absolute atomic E-state index is 0.171. The molecule has 2 aromatic rings. The van der Waals surface area contributed by atoms with Crippen molar-refractivity contribution in [3.8, 4) is 5.75 Å². The number of hydrogen-bond donors (Lipinski definition) is 3. The molecular weight excluding hydrogens is 296 g/mol. The summed E-state index contributed by atoms with van der Waals surface area (Å²) in [7, 11) is 0. The highest BCUT2D eigenvalue weighted by Gasteiger charge is 2.24. The lowest BCUT2D eigenvalue weighted by Gasteiger charge is -2.27. The van der Waals surface area contributed by atoms with E-state index in [1.807, 2.05) is 18.2 Å². The lowest BCUT2D eigenvalue weighted by atomic mass is 9.78. The van der Waals surface area contributed by atoms with Gasteiger partial charge < -0.3 is 15.7 Å². The van der Waals surface area contributed by atoms with E-state index < -0.39 is 0 Å². The summed E-state index contributed by atoms with van der Waals surface area (Å²) in [6.07, 6.45) is 3.61. The first-order chi connectivity index (χ1) is 11.5. The molecule has 0 atom stereocenters. The first-order valence-electron chi connectivity index (χ1n) is 8.12. The van der Waals surface area contributed by atoms with Gasteiger partial charge >= 0.3 is 0 Å².